The lowest BCUT2D eigenvalue weighted by Crippen LogP contribution is -2.48. The van der Waals surface area contributed by atoms with Gasteiger partial charge in [-0.1, -0.05) is 26.8 Å². The zero-order valence-corrected chi connectivity index (χ0v) is 21.6. The molecule has 0 aromatic rings. The second-order valence-corrected chi connectivity index (χ2v) is 10.6. The van der Waals surface area contributed by atoms with Crippen LogP contribution in [0.5, 0.6) is 0 Å². The molecule has 2 heterocycles. The van der Waals surface area contributed by atoms with E-state index in [9.17, 15) is 19.2 Å². The predicted octanol–water partition coefficient (Wildman–Crippen LogP) is 3.84. The Kier molecular flexibility index (Phi) is 9.67. The predicted molar refractivity (Wildman–Crippen MR) is 130 cm³/mol. The summed E-state index contributed by atoms with van der Waals surface area (Å²) in [6.45, 7) is 16.1. The van der Waals surface area contributed by atoms with Gasteiger partial charge in [-0.3, -0.25) is 24.3 Å². The lowest BCUT2D eigenvalue weighted by Gasteiger charge is -2.33. The summed E-state index contributed by atoms with van der Waals surface area (Å²) in [5.74, 6) is -0.293. The van der Waals surface area contributed by atoms with E-state index in [1.807, 2.05) is 20.8 Å². The highest BCUT2D eigenvalue weighted by Crippen LogP contribution is 2.28. The van der Waals surface area contributed by atoms with Crippen LogP contribution in [0.15, 0.2) is 12.8 Å². The third-order valence-corrected chi connectivity index (χ3v) is 6.63. The van der Waals surface area contributed by atoms with E-state index in [1.54, 1.807) is 4.90 Å². The molecule has 6 amide bonds. The molecule has 0 bridgehead atoms. The van der Waals surface area contributed by atoms with E-state index in [1.165, 1.54) is 20.9 Å². The Labute approximate surface area is 204 Å². The summed E-state index contributed by atoms with van der Waals surface area (Å²) in [7, 11) is 0. The number of nitrogens with zero attached hydrogens (tertiary/aromatic N) is 4. The van der Waals surface area contributed by atoms with Crippen LogP contribution in [0.1, 0.15) is 73.1 Å². The van der Waals surface area contributed by atoms with Crippen LogP contribution in [0.2, 0.25) is 0 Å². The molecule has 9 heteroatoms. The van der Waals surface area contributed by atoms with Gasteiger partial charge in [0.2, 0.25) is 5.91 Å². The SMILES string of the molecule is C=CN1CC(=O)N(C(C)(C)CCCCOCCCCC(C)(C)CN2C(=O)CN(CC)C2=O)C1=O. The molecule has 2 fully saturated rings. The number of urea groups is 2. The second-order valence-electron chi connectivity index (χ2n) is 10.6. The van der Waals surface area contributed by atoms with Crippen molar-refractivity contribution in [1.29, 1.82) is 0 Å². The normalized spacial score (nSPS) is 17.6. The van der Waals surface area contributed by atoms with Crippen molar-refractivity contribution < 1.29 is 23.9 Å². The second kappa shape index (κ2) is 11.8. The molecule has 0 N–H and O–H groups in total. The Morgan fingerprint density at radius 3 is 2.03 bits per heavy atom. The minimum atomic E-state index is -0.538. The minimum Gasteiger partial charge on any atom is -0.381 e. The van der Waals surface area contributed by atoms with Crippen LogP contribution in [0, 0.1) is 5.41 Å². The molecule has 2 saturated heterocycles. The number of likely N-dealkylation sites (N-methyl/N-ethyl adjacent to an activating group) is 1. The number of rotatable bonds is 15. The number of carbonyl (C=O) groups excluding carboxylic acids is 4. The molecule has 0 aromatic heterocycles. The lowest BCUT2D eigenvalue weighted by atomic mass is 9.86. The molecule has 2 aliphatic heterocycles. The number of ether oxygens (including phenoxy) is 1. The van der Waals surface area contributed by atoms with Gasteiger partial charge in [0.1, 0.15) is 13.1 Å². The van der Waals surface area contributed by atoms with Crippen molar-refractivity contribution >= 4 is 23.9 Å². The van der Waals surface area contributed by atoms with E-state index in [-0.39, 0.29) is 42.4 Å². The molecule has 0 unspecified atom stereocenters. The van der Waals surface area contributed by atoms with Crippen molar-refractivity contribution in [3.8, 4) is 0 Å². The monoisotopic (exact) mass is 478 g/mol. The van der Waals surface area contributed by atoms with Crippen molar-refractivity contribution in [3.63, 3.8) is 0 Å². The summed E-state index contributed by atoms with van der Waals surface area (Å²) in [5.41, 5.74) is -0.671. The quantitative estimate of drug-likeness (QED) is 0.263. The van der Waals surface area contributed by atoms with Gasteiger partial charge in [-0.05, 0) is 58.3 Å². The summed E-state index contributed by atoms with van der Waals surface area (Å²) in [6, 6.07) is -0.478. The third-order valence-electron chi connectivity index (χ3n) is 6.63. The van der Waals surface area contributed by atoms with Gasteiger partial charge in [0.05, 0.1) is 0 Å². The standard InChI is InChI=1S/C25H42N4O5/c1-7-26-17-20(30)28(22(26)32)19-24(3,4)13-9-11-15-34-16-12-10-14-25(5,6)29-21(31)18-27(8-2)23(29)33/h8H,2,7,9-19H2,1,3-6H3. The van der Waals surface area contributed by atoms with Gasteiger partial charge in [0.25, 0.3) is 5.91 Å². The minimum absolute atomic E-state index is 0.0630. The molecule has 192 valence electrons. The molecule has 34 heavy (non-hydrogen) atoms. The van der Waals surface area contributed by atoms with Crippen molar-refractivity contribution in [2.24, 2.45) is 5.41 Å². The summed E-state index contributed by atoms with van der Waals surface area (Å²) in [5, 5.41) is 0. The Morgan fingerprint density at radius 2 is 1.50 bits per heavy atom. The van der Waals surface area contributed by atoms with Gasteiger partial charge in [-0.25, -0.2) is 9.59 Å². The van der Waals surface area contributed by atoms with Crippen molar-refractivity contribution in [1.82, 2.24) is 19.6 Å². The first-order valence-corrected chi connectivity index (χ1v) is 12.4. The molecule has 0 aromatic carbocycles. The number of imide groups is 2. The smallest absolute Gasteiger partial charge is 0.331 e. The maximum Gasteiger partial charge on any atom is 0.331 e. The topological polar surface area (TPSA) is 90.5 Å². The summed E-state index contributed by atoms with van der Waals surface area (Å²) < 4.78 is 5.77. The fraction of sp³-hybridized carbons (Fsp3) is 0.760. The molecule has 0 spiro atoms. The average Bonchev–Trinajstić information content (AvgIpc) is 3.21. The van der Waals surface area contributed by atoms with Crippen LogP contribution in [-0.2, 0) is 14.3 Å². The Hall–Kier alpha value is -2.42. The zero-order chi connectivity index (χ0) is 25.5. The van der Waals surface area contributed by atoms with Gasteiger partial charge in [-0.2, -0.15) is 0 Å². The molecular weight excluding hydrogens is 436 g/mol. The molecule has 0 radical (unpaired) electrons. The summed E-state index contributed by atoms with van der Waals surface area (Å²) >= 11 is 0. The van der Waals surface area contributed by atoms with E-state index < -0.39 is 5.54 Å². The number of hydrogen-bond acceptors (Lipinski definition) is 5. The number of carbonyl (C=O) groups is 4. The fourth-order valence-corrected chi connectivity index (χ4v) is 4.55. The lowest BCUT2D eigenvalue weighted by molar-refractivity contribution is -0.129. The van der Waals surface area contributed by atoms with Crippen molar-refractivity contribution in [2.75, 3.05) is 39.4 Å². The first-order chi connectivity index (χ1) is 15.9. The van der Waals surface area contributed by atoms with Crippen LogP contribution < -0.4 is 0 Å². The van der Waals surface area contributed by atoms with Crippen LogP contribution in [0.25, 0.3) is 0 Å². The van der Waals surface area contributed by atoms with Crippen LogP contribution in [-0.4, -0.2) is 88.4 Å². The van der Waals surface area contributed by atoms with Gasteiger partial charge >= 0.3 is 12.1 Å². The summed E-state index contributed by atoms with van der Waals surface area (Å²) in [6.07, 6.45) is 6.64. The molecule has 9 nitrogen and oxygen atoms in total. The van der Waals surface area contributed by atoms with E-state index in [0.29, 0.717) is 26.3 Å². The van der Waals surface area contributed by atoms with E-state index in [4.69, 9.17) is 4.74 Å². The van der Waals surface area contributed by atoms with Crippen molar-refractivity contribution in [2.45, 2.75) is 78.7 Å². The van der Waals surface area contributed by atoms with Gasteiger partial charge in [-0.15, -0.1) is 0 Å². The fourth-order valence-electron chi connectivity index (χ4n) is 4.55. The number of hydrogen-bond donors (Lipinski definition) is 0. The first kappa shape index (κ1) is 27.8. The number of amides is 6. The summed E-state index contributed by atoms with van der Waals surface area (Å²) in [4.78, 5) is 54.6. The number of unbranched alkanes of at least 4 members (excludes halogenated alkanes) is 2. The highest BCUT2D eigenvalue weighted by molar-refractivity contribution is 6.03. The molecular formula is C25H42N4O5. The molecule has 0 saturated carbocycles. The Morgan fingerprint density at radius 1 is 0.882 bits per heavy atom. The van der Waals surface area contributed by atoms with E-state index in [2.05, 4.69) is 20.4 Å². The van der Waals surface area contributed by atoms with Gasteiger partial charge in [0.15, 0.2) is 0 Å². The van der Waals surface area contributed by atoms with Gasteiger partial charge in [0, 0.05) is 38.0 Å². The highest BCUT2D eigenvalue weighted by atomic mass is 16.5. The van der Waals surface area contributed by atoms with Gasteiger partial charge < -0.3 is 9.64 Å². The van der Waals surface area contributed by atoms with Crippen LogP contribution in [0.4, 0.5) is 9.59 Å². The van der Waals surface area contributed by atoms with Crippen LogP contribution >= 0.6 is 0 Å². The Bertz CT molecular complexity index is 779. The average molecular weight is 479 g/mol. The van der Waals surface area contributed by atoms with E-state index in [0.717, 1.165) is 38.5 Å². The molecule has 2 rings (SSSR count). The van der Waals surface area contributed by atoms with Crippen LogP contribution in [0.3, 0.4) is 0 Å². The largest absolute Gasteiger partial charge is 0.381 e. The Balaban J connectivity index is 1.58. The van der Waals surface area contributed by atoms with E-state index >= 15 is 0 Å². The molecule has 0 aliphatic carbocycles. The third kappa shape index (κ3) is 7.04. The first-order valence-electron chi connectivity index (χ1n) is 12.4. The maximum absolute atomic E-state index is 12.4. The molecule has 2 aliphatic rings. The van der Waals surface area contributed by atoms with Crippen molar-refractivity contribution in [3.05, 3.63) is 12.8 Å². The zero-order valence-electron chi connectivity index (χ0n) is 21.6. The maximum atomic E-state index is 12.4. The highest BCUT2D eigenvalue weighted by Gasteiger charge is 2.43. The molecule has 0 atom stereocenters.